The van der Waals surface area contributed by atoms with E-state index in [1.54, 1.807) is 0 Å². The Hall–Kier alpha value is -1.09. The van der Waals surface area contributed by atoms with Gasteiger partial charge in [0.1, 0.15) is 5.82 Å². The average molecular weight is 247 g/mol. The highest BCUT2D eigenvalue weighted by molar-refractivity contribution is 5.39. The molecule has 1 aromatic rings. The Morgan fingerprint density at radius 3 is 2.50 bits per heavy atom. The third kappa shape index (κ3) is 3.45. The third-order valence-electron chi connectivity index (χ3n) is 3.98. The van der Waals surface area contributed by atoms with Gasteiger partial charge in [-0.05, 0) is 37.4 Å². The number of nitrogens with two attached hydrogens (primary N) is 1. The van der Waals surface area contributed by atoms with Crippen molar-refractivity contribution in [2.75, 3.05) is 18.5 Å². The summed E-state index contributed by atoms with van der Waals surface area (Å²) in [6.45, 7) is 0.694. The second-order valence-corrected chi connectivity index (χ2v) is 5.32. The SMILES string of the molecule is CN(c1ccc(CCN)cn1)C1CCCCCC1. The van der Waals surface area contributed by atoms with Gasteiger partial charge >= 0.3 is 0 Å². The summed E-state index contributed by atoms with van der Waals surface area (Å²) in [7, 11) is 2.18. The van der Waals surface area contributed by atoms with Gasteiger partial charge in [0.25, 0.3) is 0 Å². The van der Waals surface area contributed by atoms with Crippen molar-refractivity contribution in [1.29, 1.82) is 0 Å². The van der Waals surface area contributed by atoms with Gasteiger partial charge in [-0.15, -0.1) is 0 Å². The highest BCUT2D eigenvalue weighted by Gasteiger charge is 2.17. The number of hydrogen-bond acceptors (Lipinski definition) is 3. The molecule has 2 rings (SSSR count). The zero-order chi connectivity index (χ0) is 12.8. The maximum absolute atomic E-state index is 5.55. The van der Waals surface area contributed by atoms with Crippen molar-refractivity contribution in [1.82, 2.24) is 4.98 Å². The quantitative estimate of drug-likeness (QED) is 0.832. The molecule has 3 heteroatoms. The largest absolute Gasteiger partial charge is 0.357 e. The molecule has 1 heterocycles. The van der Waals surface area contributed by atoms with Crippen LogP contribution in [-0.4, -0.2) is 24.6 Å². The van der Waals surface area contributed by atoms with Crippen LogP contribution in [0.1, 0.15) is 44.1 Å². The third-order valence-corrected chi connectivity index (χ3v) is 3.98. The van der Waals surface area contributed by atoms with Gasteiger partial charge in [0.2, 0.25) is 0 Å². The lowest BCUT2D eigenvalue weighted by atomic mass is 10.1. The molecule has 0 aliphatic heterocycles. The molecule has 0 unspecified atom stereocenters. The Kier molecular flexibility index (Phi) is 5.00. The van der Waals surface area contributed by atoms with Crippen molar-refractivity contribution in [3.8, 4) is 0 Å². The van der Waals surface area contributed by atoms with Gasteiger partial charge in [-0.2, -0.15) is 0 Å². The first kappa shape index (κ1) is 13.3. The van der Waals surface area contributed by atoms with Crippen LogP contribution >= 0.6 is 0 Å². The Morgan fingerprint density at radius 1 is 1.22 bits per heavy atom. The standard InChI is InChI=1S/C15H25N3/c1-18(14-6-4-2-3-5-7-14)15-9-8-13(10-11-16)12-17-15/h8-9,12,14H,2-7,10-11,16H2,1H3. The summed E-state index contributed by atoms with van der Waals surface area (Å²) < 4.78 is 0. The summed E-state index contributed by atoms with van der Waals surface area (Å²) in [5.41, 5.74) is 6.79. The first-order chi connectivity index (χ1) is 8.81. The smallest absolute Gasteiger partial charge is 0.128 e. The lowest BCUT2D eigenvalue weighted by Crippen LogP contribution is -2.31. The molecule has 3 nitrogen and oxygen atoms in total. The van der Waals surface area contributed by atoms with Crippen LogP contribution in [0.5, 0.6) is 0 Å². The van der Waals surface area contributed by atoms with Gasteiger partial charge in [0.15, 0.2) is 0 Å². The fourth-order valence-corrected chi connectivity index (χ4v) is 2.77. The van der Waals surface area contributed by atoms with E-state index in [1.165, 1.54) is 44.1 Å². The van der Waals surface area contributed by atoms with Crippen molar-refractivity contribution in [2.45, 2.75) is 51.0 Å². The summed E-state index contributed by atoms with van der Waals surface area (Å²) >= 11 is 0. The van der Waals surface area contributed by atoms with Crippen molar-refractivity contribution in [3.05, 3.63) is 23.9 Å². The van der Waals surface area contributed by atoms with E-state index in [-0.39, 0.29) is 0 Å². The van der Waals surface area contributed by atoms with Crippen molar-refractivity contribution in [2.24, 2.45) is 5.73 Å². The molecule has 100 valence electrons. The molecule has 1 fully saturated rings. The lowest BCUT2D eigenvalue weighted by molar-refractivity contribution is 0.549. The zero-order valence-electron chi connectivity index (χ0n) is 11.4. The van der Waals surface area contributed by atoms with Gasteiger partial charge in [-0.25, -0.2) is 4.98 Å². The van der Waals surface area contributed by atoms with E-state index >= 15 is 0 Å². The van der Waals surface area contributed by atoms with Gasteiger partial charge in [-0.3, -0.25) is 0 Å². The predicted molar refractivity (Wildman–Crippen MR) is 76.9 cm³/mol. The Morgan fingerprint density at radius 2 is 1.94 bits per heavy atom. The van der Waals surface area contributed by atoms with E-state index in [4.69, 9.17) is 5.73 Å². The first-order valence-electron chi connectivity index (χ1n) is 7.19. The molecule has 0 amide bonds. The van der Waals surface area contributed by atoms with Crippen LogP contribution in [0.15, 0.2) is 18.3 Å². The topological polar surface area (TPSA) is 42.1 Å². The van der Waals surface area contributed by atoms with E-state index in [9.17, 15) is 0 Å². The number of anilines is 1. The van der Waals surface area contributed by atoms with Crippen LogP contribution in [0.3, 0.4) is 0 Å². The van der Waals surface area contributed by atoms with E-state index in [2.05, 4.69) is 29.1 Å². The molecule has 0 spiro atoms. The fourth-order valence-electron chi connectivity index (χ4n) is 2.77. The number of rotatable bonds is 4. The normalized spacial score (nSPS) is 17.4. The number of aromatic nitrogens is 1. The zero-order valence-corrected chi connectivity index (χ0v) is 11.4. The van der Waals surface area contributed by atoms with Crippen LogP contribution in [0, 0.1) is 0 Å². The molecule has 0 atom stereocenters. The number of hydrogen-bond donors (Lipinski definition) is 1. The van der Waals surface area contributed by atoms with Crippen LogP contribution in [0.4, 0.5) is 5.82 Å². The highest BCUT2D eigenvalue weighted by atomic mass is 15.2. The monoisotopic (exact) mass is 247 g/mol. The van der Waals surface area contributed by atoms with Crippen molar-refractivity contribution < 1.29 is 0 Å². The van der Waals surface area contributed by atoms with Gasteiger partial charge in [-0.1, -0.05) is 31.7 Å². The average Bonchev–Trinajstić information content (AvgIpc) is 2.68. The minimum absolute atomic E-state index is 0.667. The molecule has 0 aromatic carbocycles. The molecule has 0 radical (unpaired) electrons. The molecule has 1 aliphatic rings. The van der Waals surface area contributed by atoms with E-state index in [0.717, 1.165) is 12.2 Å². The van der Waals surface area contributed by atoms with Gasteiger partial charge < -0.3 is 10.6 Å². The van der Waals surface area contributed by atoms with Crippen LogP contribution in [-0.2, 0) is 6.42 Å². The van der Waals surface area contributed by atoms with Crippen molar-refractivity contribution >= 4 is 5.82 Å². The van der Waals surface area contributed by atoms with E-state index in [1.807, 2.05) is 6.20 Å². The summed E-state index contributed by atoms with van der Waals surface area (Å²) in [5.74, 6) is 1.10. The predicted octanol–water partition coefficient (Wildman–Crippen LogP) is 2.74. The number of nitrogens with zero attached hydrogens (tertiary/aromatic N) is 2. The second-order valence-electron chi connectivity index (χ2n) is 5.32. The number of pyridine rings is 1. The molecule has 0 saturated heterocycles. The second kappa shape index (κ2) is 6.74. The maximum Gasteiger partial charge on any atom is 0.128 e. The van der Waals surface area contributed by atoms with E-state index < -0.39 is 0 Å². The fraction of sp³-hybridized carbons (Fsp3) is 0.667. The van der Waals surface area contributed by atoms with Crippen LogP contribution in [0.25, 0.3) is 0 Å². The van der Waals surface area contributed by atoms with Crippen molar-refractivity contribution in [3.63, 3.8) is 0 Å². The molecule has 0 bridgehead atoms. The highest BCUT2D eigenvalue weighted by Crippen LogP contribution is 2.24. The molecular formula is C15H25N3. The summed E-state index contributed by atoms with van der Waals surface area (Å²) in [6.07, 6.45) is 11.0. The Balaban J connectivity index is 2.00. The Bertz CT molecular complexity index is 339. The molecular weight excluding hydrogens is 222 g/mol. The lowest BCUT2D eigenvalue weighted by Gasteiger charge is -2.28. The Labute approximate surface area is 110 Å². The van der Waals surface area contributed by atoms with Gasteiger partial charge in [0, 0.05) is 19.3 Å². The molecule has 2 N–H and O–H groups in total. The summed E-state index contributed by atoms with van der Waals surface area (Å²) in [6, 6.07) is 4.96. The first-order valence-corrected chi connectivity index (χ1v) is 7.19. The van der Waals surface area contributed by atoms with Gasteiger partial charge in [0.05, 0.1) is 0 Å². The molecule has 1 aromatic heterocycles. The summed E-state index contributed by atoms with van der Waals surface area (Å²) in [5, 5.41) is 0. The molecule has 18 heavy (non-hydrogen) atoms. The van der Waals surface area contributed by atoms with Crippen LogP contribution < -0.4 is 10.6 Å². The minimum Gasteiger partial charge on any atom is -0.357 e. The minimum atomic E-state index is 0.667. The summed E-state index contributed by atoms with van der Waals surface area (Å²) in [4.78, 5) is 6.93. The van der Waals surface area contributed by atoms with Crippen LogP contribution in [0.2, 0.25) is 0 Å². The van der Waals surface area contributed by atoms with E-state index in [0.29, 0.717) is 12.6 Å². The maximum atomic E-state index is 5.55. The molecule has 1 aliphatic carbocycles. The molecule has 1 saturated carbocycles.